The average molecular weight is 147 g/mol. The van der Waals surface area contributed by atoms with Crippen LogP contribution in [0, 0.1) is 0 Å². The third kappa shape index (κ3) is 5.93. The molecule has 5 heteroatoms. The van der Waals surface area contributed by atoms with Crippen molar-refractivity contribution < 1.29 is 0 Å². The molecule has 0 aliphatic heterocycles. The third-order valence-corrected chi connectivity index (χ3v) is 1.05. The molecule has 0 saturated heterocycles. The van der Waals surface area contributed by atoms with Gasteiger partial charge in [0.25, 0.3) is 0 Å². The van der Waals surface area contributed by atoms with Crippen LogP contribution in [-0.4, -0.2) is 33.1 Å². The molecule has 7 N–H and O–H groups in total. The van der Waals surface area contributed by atoms with E-state index in [1.54, 1.807) is 0 Å². The maximum Gasteiger partial charge on any atom is 0.0685 e. The SMILES string of the molecule is CNCNC(N)CNCN. The van der Waals surface area contributed by atoms with Crippen LogP contribution in [0.5, 0.6) is 0 Å². The highest BCUT2D eigenvalue weighted by molar-refractivity contribution is 4.59. The number of hydrogen-bond donors (Lipinski definition) is 5. The summed E-state index contributed by atoms with van der Waals surface area (Å²) in [5, 5.41) is 8.86. The summed E-state index contributed by atoms with van der Waals surface area (Å²) in [6.45, 7) is 1.88. The maximum atomic E-state index is 5.58. The minimum atomic E-state index is -0.0315. The van der Waals surface area contributed by atoms with Crippen LogP contribution in [0.1, 0.15) is 0 Å². The molecule has 0 aromatic heterocycles. The monoisotopic (exact) mass is 147 g/mol. The minimum Gasteiger partial charge on any atom is -0.318 e. The first-order valence-electron chi connectivity index (χ1n) is 3.35. The fraction of sp³-hybridized carbons (Fsp3) is 1.00. The van der Waals surface area contributed by atoms with Crippen LogP contribution >= 0.6 is 0 Å². The van der Waals surface area contributed by atoms with Gasteiger partial charge in [0.15, 0.2) is 0 Å². The van der Waals surface area contributed by atoms with E-state index in [4.69, 9.17) is 11.5 Å². The molecule has 0 spiro atoms. The first-order valence-corrected chi connectivity index (χ1v) is 3.35. The van der Waals surface area contributed by atoms with Crippen molar-refractivity contribution >= 4 is 0 Å². The van der Waals surface area contributed by atoms with Gasteiger partial charge in [0.1, 0.15) is 0 Å². The van der Waals surface area contributed by atoms with Gasteiger partial charge in [-0.1, -0.05) is 0 Å². The van der Waals surface area contributed by atoms with Crippen LogP contribution in [0.2, 0.25) is 0 Å². The Bertz CT molecular complexity index is 59.1. The number of rotatable bonds is 6. The molecule has 0 aromatic rings. The predicted octanol–water partition coefficient (Wildman–Crippen LogP) is -2.46. The molecule has 1 unspecified atom stereocenters. The van der Waals surface area contributed by atoms with Crippen molar-refractivity contribution in [2.45, 2.75) is 6.17 Å². The lowest BCUT2D eigenvalue weighted by Gasteiger charge is -2.12. The summed E-state index contributed by atoms with van der Waals surface area (Å²) in [4.78, 5) is 0. The van der Waals surface area contributed by atoms with Gasteiger partial charge in [-0.25, -0.2) is 0 Å². The molecular formula is C5H17N5. The van der Waals surface area contributed by atoms with Crippen molar-refractivity contribution in [2.24, 2.45) is 11.5 Å². The zero-order valence-corrected chi connectivity index (χ0v) is 6.35. The quantitative estimate of drug-likeness (QED) is 0.269. The summed E-state index contributed by atoms with van der Waals surface area (Å²) in [6, 6.07) is 0. The van der Waals surface area contributed by atoms with Gasteiger partial charge in [-0.15, -0.1) is 0 Å². The molecule has 5 nitrogen and oxygen atoms in total. The maximum absolute atomic E-state index is 5.58. The summed E-state index contributed by atoms with van der Waals surface area (Å²) in [5.41, 5.74) is 10.8. The molecule has 0 fully saturated rings. The minimum absolute atomic E-state index is 0.0315. The van der Waals surface area contributed by atoms with Gasteiger partial charge in [-0.05, 0) is 7.05 Å². The van der Waals surface area contributed by atoms with E-state index >= 15 is 0 Å². The largest absolute Gasteiger partial charge is 0.318 e. The van der Waals surface area contributed by atoms with Crippen LogP contribution in [0.25, 0.3) is 0 Å². The first kappa shape index (κ1) is 9.80. The highest BCUT2D eigenvalue weighted by Crippen LogP contribution is 1.63. The summed E-state index contributed by atoms with van der Waals surface area (Å²) in [7, 11) is 1.86. The van der Waals surface area contributed by atoms with Crippen molar-refractivity contribution in [3.63, 3.8) is 0 Å². The lowest BCUT2D eigenvalue weighted by Crippen LogP contribution is -2.48. The normalized spacial score (nSPS) is 13.5. The molecule has 10 heavy (non-hydrogen) atoms. The second-order valence-electron chi connectivity index (χ2n) is 2.00. The van der Waals surface area contributed by atoms with Crippen molar-refractivity contribution in [2.75, 3.05) is 26.9 Å². The van der Waals surface area contributed by atoms with Crippen LogP contribution in [0.4, 0.5) is 0 Å². The molecule has 0 aliphatic carbocycles. The second-order valence-corrected chi connectivity index (χ2v) is 2.00. The average Bonchev–Trinajstić information content (AvgIpc) is 1.97. The number of hydrogen-bond acceptors (Lipinski definition) is 5. The van der Waals surface area contributed by atoms with Crippen molar-refractivity contribution in [3.05, 3.63) is 0 Å². The summed E-state index contributed by atoms with van der Waals surface area (Å²) in [5.74, 6) is 0. The predicted molar refractivity (Wildman–Crippen MR) is 42.1 cm³/mol. The standard InChI is InChI=1S/C5H17N5/c1-8-4-10-5(7)2-9-3-6/h5,8-10H,2-4,6-7H2,1H3. The van der Waals surface area contributed by atoms with Crippen LogP contribution in [-0.2, 0) is 0 Å². The van der Waals surface area contributed by atoms with E-state index in [1.165, 1.54) is 0 Å². The molecule has 0 aliphatic rings. The first-order chi connectivity index (χ1) is 4.81. The summed E-state index contributed by atoms with van der Waals surface area (Å²) in [6.07, 6.45) is -0.0315. The molecule has 1 atom stereocenters. The zero-order chi connectivity index (χ0) is 7.82. The topological polar surface area (TPSA) is 88.1 Å². The molecule has 0 saturated carbocycles. The Morgan fingerprint density at radius 1 is 1.50 bits per heavy atom. The molecular weight excluding hydrogens is 130 g/mol. The van der Waals surface area contributed by atoms with Gasteiger partial charge in [0.05, 0.1) is 6.17 Å². The number of nitrogens with two attached hydrogens (primary N) is 2. The molecule has 62 valence electrons. The smallest absolute Gasteiger partial charge is 0.0685 e. The van der Waals surface area contributed by atoms with Crippen molar-refractivity contribution in [1.82, 2.24) is 16.0 Å². The van der Waals surface area contributed by atoms with Gasteiger partial charge in [-0.2, -0.15) is 0 Å². The summed E-state index contributed by atoms with van der Waals surface area (Å²) < 4.78 is 0. The number of nitrogens with one attached hydrogen (secondary N) is 3. The fourth-order valence-corrected chi connectivity index (χ4v) is 0.544. The van der Waals surface area contributed by atoms with Crippen LogP contribution < -0.4 is 27.4 Å². The Labute approximate surface area is 61.5 Å². The zero-order valence-electron chi connectivity index (χ0n) is 6.35. The fourth-order valence-electron chi connectivity index (χ4n) is 0.544. The lowest BCUT2D eigenvalue weighted by atomic mass is 10.5. The van der Waals surface area contributed by atoms with E-state index in [2.05, 4.69) is 16.0 Å². The van der Waals surface area contributed by atoms with E-state index in [0.29, 0.717) is 19.9 Å². The Kier molecular flexibility index (Phi) is 6.78. The van der Waals surface area contributed by atoms with Gasteiger partial charge in [0, 0.05) is 19.9 Å². The molecule has 0 bridgehead atoms. The highest BCUT2D eigenvalue weighted by Gasteiger charge is 1.96. The van der Waals surface area contributed by atoms with E-state index in [0.717, 1.165) is 0 Å². The third-order valence-electron chi connectivity index (χ3n) is 1.05. The molecule has 0 radical (unpaired) electrons. The molecule has 0 rings (SSSR count). The van der Waals surface area contributed by atoms with Crippen molar-refractivity contribution in [3.8, 4) is 0 Å². The van der Waals surface area contributed by atoms with E-state index in [-0.39, 0.29) is 6.17 Å². The van der Waals surface area contributed by atoms with Crippen molar-refractivity contribution in [1.29, 1.82) is 0 Å². The van der Waals surface area contributed by atoms with Gasteiger partial charge < -0.3 is 22.1 Å². The van der Waals surface area contributed by atoms with E-state index in [9.17, 15) is 0 Å². The Balaban J connectivity index is 3.00. The van der Waals surface area contributed by atoms with E-state index in [1.807, 2.05) is 7.05 Å². The van der Waals surface area contributed by atoms with Gasteiger partial charge >= 0.3 is 0 Å². The lowest BCUT2D eigenvalue weighted by molar-refractivity contribution is 0.475. The summed E-state index contributed by atoms with van der Waals surface area (Å²) >= 11 is 0. The molecule has 0 heterocycles. The van der Waals surface area contributed by atoms with Crippen LogP contribution in [0.15, 0.2) is 0 Å². The van der Waals surface area contributed by atoms with Gasteiger partial charge in [-0.3, -0.25) is 5.32 Å². The molecule has 0 aromatic carbocycles. The Hall–Kier alpha value is -0.200. The molecule has 0 amide bonds. The van der Waals surface area contributed by atoms with Crippen LogP contribution in [0.3, 0.4) is 0 Å². The highest BCUT2D eigenvalue weighted by atomic mass is 15.1. The van der Waals surface area contributed by atoms with E-state index < -0.39 is 0 Å². The Morgan fingerprint density at radius 2 is 2.20 bits per heavy atom. The second kappa shape index (κ2) is 6.91. The Morgan fingerprint density at radius 3 is 2.70 bits per heavy atom. The van der Waals surface area contributed by atoms with Gasteiger partial charge in [0.2, 0.25) is 0 Å².